The Morgan fingerprint density at radius 3 is 2.84 bits per heavy atom. The second-order valence-electron chi connectivity index (χ2n) is 7.76. The van der Waals surface area contributed by atoms with Crippen LogP contribution in [0.2, 0.25) is 0 Å². The van der Waals surface area contributed by atoms with E-state index in [0.717, 1.165) is 27.9 Å². The van der Waals surface area contributed by atoms with Crippen molar-refractivity contribution in [2.75, 3.05) is 16.4 Å². The molecule has 2 N–H and O–H groups in total. The number of para-hydroxylation sites is 1. The van der Waals surface area contributed by atoms with Gasteiger partial charge in [0.05, 0.1) is 11.3 Å². The smallest absolute Gasteiger partial charge is 0.295 e. The van der Waals surface area contributed by atoms with Crippen molar-refractivity contribution in [3.63, 3.8) is 0 Å². The number of ether oxygens (including phenoxy) is 1. The third kappa shape index (κ3) is 3.73. The summed E-state index contributed by atoms with van der Waals surface area (Å²) in [6, 6.07) is 13.3. The maximum Gasteiger partial charge on any atom is 0.295 e. The summed E-state index contributed by atoms with van der Waals surface area (Å²) in [5.41, 5.74) is 1.95. The fourth-order valence-corrected chi connectivity index (χ4v) is 5.06. The number of fused-ring (bicyclic) bond motifs is 5. The predicted molar refractivity (Wildman–Crippen MR) is 129 cm³/mol. The lowest BCUT2D eigenvalue weighted by Gasteiger charge is -2.28. The van der Waals surface area contributed by atoms with Crippen molar-refractivity contribution >= 4 is 45.0 Å². The SMILES string of the molecule is CCCCCCSc1nnc2c(n1)O[C@@]1(Nc3ccccc3-2)C(=O)Nc2ccc(Br)cc21. The highest BCUT2D eigenvalue weighted by atomic mass is 79.9. The zero-order valence-corrected chi connectivity index (χ0v) is 19.9. The molecule has 164 valence electrons. The van der Waals surface area contributed by atoms with Crippen LogP contribution in [0.4, 0.5) is 11.4 Å². The van der Waals surface area contributed by atoms with Crippen LogP contribution in [0, 0.1) is 0 Å². The van der Waals surface area contributed by atoms with Gasteiger partial charge in [0.25, 0.3) is 11.6 Å². The van der Waals surface area contributed by atoms with E-state index in [-0.39, 0.29) is 11.8 Å². The summed E-state index contributed by atoms with van der Waals surface area (Å²) in [6.45, 7) is 2.20. The van der Waals surface area contributed by atoms with E-state index in [2.05, 4.69) is 48.7 Å². The van der Waals surface area contributed by atoms with Crippen LogP contribution in [0.5, 0.6) is 5.88 Å². The van der Waals surface area contributed by atoms with Crippen LogP contribution in [0.3, 0.4) is 0 Å². The van der Waals surface area contributed by atoms with Gasteiger partial charge < -0.3 is 15.4 Å². The number of hydrogen-bond donors (Lipinski definition) is 2. The minimum absolute atomic E-state index is 0.288. The zero-order valence-electron chi connectivity index (χ0n) is 17.5. The third-order valence-electron chi connectivity index (χ3n) is 5.54. The molecule has 1 amide bonds. The van der Waals surface area contributed by atoms with Crippen LogP contribution in [0.15, 0.2) is 52.1 Å². The Kier molecular flexibility index (Phi) is 5.77. The zero-order chi connectivity index (χ0) is 22.1. The molecule has 3 heterocycles. The van der Waals surface area contributed by atoms with Crippen LogP contribution in [-0.2, 0) is 10.5 Å². The van der Waals surface area contributed by atoms with Crippen LogP contribution in [0.1, 0.15) is 38.2 Å². The Bertz CT molecular complexity index is 1190. The first kappa shape index (κ1) is 21.2. The van der Waals surface area contributed by atoms with Crippen LogP contribution >= 0.6 is 27.7 Å². The number of anilines is 2. The quantitative estimate of drug-likeness (QED) is 0.329. The summed E-state index contributed by atoms with van der Waals surface area (Å²) in [4.78, 5) is 17.9. The van der Waals surface area contributed by atoms with Crippen molar-refractivity contribution in [1.29, 1.82) is 0 Å². The highest BCUT2D eigenvalue weighted by molar-refractivity contribution is 9.10. The van der Waals surface area contributed by atoms with E-state index in [0.29, 0.717) is 22.1 Å². The summed E-state index contributed by atoms with van der Waals surface area (Å²) in [5.74, 6) is 0.897. The van der Waals surface area contributed by atoms with Gasteiger partial charge in [0.1, 0.15) is 0 Å². The number of benzene rings is 2. The van der Waals surface area contributed by atoms with E-state index in [1.54, 1.807) is 11.8 Å². The summed E-state index contributed by atoms with van der Waals surface area (Å²) < 4.78 is 7.24. The van der Waals surface area contributed by atoms with Crippen molar-refractivity contribution in [3.8, 4) is 17.1 Å². The van der Waals surface area contributed by atoms with E-state index >= 15 is 0 Å². The Balaban J connectivity index is 1.57. The molecule has 0 bridgehead atoms. The van der Waals surface area contributed by atoms with Crippen LogP contribution < -0.4 is 15.4 Å². The number of nitrogens with zero attached hydrogens (tertiary/aromatic N) is 3. The van der Waals surface area contributed by atoms with Crippen LogP contribution in [0.25, 0.3) is 11.3 Å². The number of unbranched alkanes of at least 4 members (excludes halogenated alkanes) is 3. The van der Waals surface area contributed by atoms with Crippen molar-refractivity contribution in [1.82, 2.24) is 15.2 Å². The third-order valence-corrected chi connectivity index (χ3v) is 6.95. The molecule has 9 heteroatoms. The Morgan fingerprint density at radius 1 is 1.09 bits per heavy atom. The molecule has 0 radical (unpaired) electrons. The minimum Gasteiger partial charge on any atom is -0.435 e. The normalized spacial score (nSPS) is 18.1. The van der Waals surface area contributed by atoms with Crippen molar-refractivity contribution in [2.45, 2.75) is 43.5 Å². The number of thioether (sulfide) groups is 1. The topological polar surface area (TPSA) is 89.0 Å². The Morgan fingerprint density at radius 2 is 1.97 bits per heavy atom. The van der Waals surface area contributed by atoms with E-state index in [1.807, 2.05) is 42.5 Å². The summed E-state index contributed by atoms with van der Waals surface area (Å²) in [7, 11) is 0. The van der Waals surface area contributed by atoms with E-state index in [9.17, 15) is 4.79 Å². The van der Waals surface area contributed by atoms with E-state index in [1.165, 1.54) is 19.3 Å². The van der Waals surface area contributed by atoms with Gasteiger partial charge in [-0.3, -0.25) is 4.79 Å². The number of amides is 1. The number of rotatable bonds is 6. The van der Waals surface area contributed by atoms with Gasteiger partial charge in [-0.1, -0.05) is 72.1 Å². The Labute approximate surface area is 198 Å². The summed E-state index contributed by atoms with van der Waals surface area (Å²) in [6.07, 6.45) is 4.70. The number of nitrogens with one attached hydrogen (secondary N) is 2. The maximum atomic E-state index is 13.3. The first-order chi connectivity index (χ1) is 15.6. The molecule has 1 aromatic heterocycles. The molecule has 5 rings (SSSR count). The molecular formula is C23H22BrN5O2S. The molecule has 0 saturated heterocycles. The standard InChI is InChI=1S/C23H22BrN5O2S/c1-2-3-4-7-12-32-22-26-20-19(28-29-22)15-8-5-6-9-17(15)27-23(31-20)16-13-14(24)10-11-18(16)25-21(23)30/h5-6,8-11,13,27H,2-4,7,12H2,1H3,(H,25,30)/t23-/m1/s1. The van der Waals surface area contributed by atoms with Crippen LogP contribution in [-0.4, -0.2) is 26.8 Å². The number of carbonyl (C=O) groups is 1. The lowest BCUT2D eigenvalue weighted by atomic mass is 10.0. The highest BCUT2D eigenvalue weighted by Crippen LogP contribution is 2.47. The predicted octanol–water partition coefficient (Wildman–Crippen LogP) is 5.58. The first-order valence-corrected chi connectivity index (χ1v) is 12.4. The monoisotopic (exact) mass is 511 g/mol. The van der Waals surface area contributed by atoms with Gasteiger partial charge in [0, 0.05) is 21.5 Å². The fraction of sp³-hybridized carbons (Fsp3) is 0.304. The number of halogens is 1. The molecule has 0 saturated carbocycles. The molecule has 7 nitrogen and oxygen atoms in total. The second kappa shape index (κ2) is 8.71. The van der Waals surface area contributed by atoms with Gasteiger partial charge in [0.15, 0.2) is 5.69 Å². The van der Waals surface area contributed by atoms with Crippen molar-refractivity contribution in [3.05, 3.63) is 52.5 Å². The molecule has 0 unspecified atom stereocenters. The second-order valence-corrected chi connectivity index (χ2v) is 9.73. The molecule has 0 fully saturated rings. The van der Waals surface area contributed by atoms with Gasteiger partial charge in [-0.2, -0.15) is 4.98 Å². The highest BCUT2D eigenvalue weighted by Gasteiger charge is 2.52. The summed E-state index contributed by atoms with van der Waals surface area (Å²) in [5, 5.41) is 15.6. The molecule has 0 aliphatic carbocycles. The molecule has 3 aromatic rings. The summed E-state index contributed by atoms with van der Waals surface area (Å²) >= 11 is 5.07. The molecule has 1 spiro atoms. The average molecular weight is 512 g/mol. The number of hydrogen-bond acceptors (Lipinski definition) is 7. The van der Waals surface area contributed by atoms with Crippen molar-refractivity contribution < 1.29 is 9.53 Å². The van der Waals surface area contributed by atoms with Crippen molar-refractivity contribution in [2.24, 2.45) is 0 Å². The largest absolute Gasteiger partial charge is 0.435 e. The fourth-order valence-electron chi connectivity index (χ4n) is 3.93. The molecule has 1 atom stereocenters. The first-order valence-electron chi connectivity index (χ1n) is 10.7. The lowest BCUT2D eigenvalue weighted by Crippen LogP contribution is -2.47. The lowest BCUT2D eigenvalue weighted by molar-refractivity contribution is -0.128. The average Bonchev–Trinajstić information content (AvgIpc) is 2.96. The molecule has 2 aromatic carbocycles. The van der Waals surface area contributed by atoms with Gasteiger partial charge in [-0.05, 0) is 30.7 Å². The van der Waals surface area contributed by atoms with E-state index in [4.69, 9.17) is 4.74 Å². The van der Waals surface area contributed by atoms with Gasteiger partial charge >= 0.3 is 0 Å². The number of carbonyl (C=O) groups excluding carboxylic acids is 1. The minimum atomic E-state index is -1.46. The molecule has 2 aliphatic heterocycles. The van der Waals surface area contributed by atoms with Gasteiger partial charge in [0.2, 0.25) is 11.0 Å². The van der Waals surface area contributed by atoms with Gasteiger partial charge in [-0.15, -0.1) is 10.2 Å². The van der Waals surface area contributed by atoms with E-state index < -0.39 is 5.72 Å². The molecule has 2 aliphatic rings. The molecule has 32 heavy (non-hydrogen) atoms. The molecular weight excluding hydrogens is 490 g/mol. The number of aromatic nitrogens is 3. The maximum absolute atomic E-state index is 13.3. The Hall–Kier alpha value is -2.65. The van der Waals surface area contributed by atoms with Gasteiger partial charge in [-0.25, -0.2) is 0 Å².